The van der Waals surface area contributed by atoms with Crippen molar-refractivity contribution in [2.24, 2.45) is 5.92 Å². The van der Waals surface area contributed by atoms with Crippen molar-refractivity contribution in [3.63, 3.8) is 0 Å². The second kappa shape index (κ2) is 16.9. The molecule has 0 aliphatic heterocycles. The van der Waals surface area contributed by atoms with Crippen LogP contribution in [0.25, 0.3) is 0 Å². The third kappa shape index (κ3) is 21.8. The summed E-state index contributed by atoms with van der Waals surface area (Å²) in [4.78, 5) is 11.8. The van der Waals surface area contributed by atoms with Crippen LogP contribution in [0.15, 0.2) is 0 Å². The number of nitrogens with zero attached hydrogens (tertiary/aromatic N) is 1. The van der Waals surface area contributed by atoms with E-state index in [0.29, 0.717) is 6.42 Å². The Morgan fingerprint density at radius 1 is 0.846 bits per heavy atom. The Kier molecular flexibility index (Phi) is 16.8. The van der Waals surface area contributed by atoms with Gasteiger partial charge in [-0.3, -0.25) is 4.79 Å². The highest BCUT2D eigenvalue weighted by molar-refractivity contribution is 7.99. The number of hydrogen-bond donors (Lipinski definition) is 1. The summed E-state index contributed by atoms with van der Waals surface area (Å²) in [5.74, 6) is 3.76. The molecule has 0 aliphatic rings. The first-order chi connectivity index (χ1) is 12.3. The van der Waals surface area contributed by atoms with Crippen molar-refractivity contribution in [2.45, 2.75) is 84.5 Å². The predicted molar refractivity (Wildman–Crippen MR) is 119 cm³/mol. The number of amides is 1. The quantitative estimate of drug-likeness (QED) is 0.249. The summed E-state index contributed by atoms with van der Waals surface area (Å²) < 4.78 is 0.965. The zero-order chi connectivity index (χ0) is 19.7. The van der Waals surface area contributed by atoms with Gasteiger partial charge in [0.1, 0.15) is 0 Å². The average molecular weight is 388 g/mol. The fourth-order valence-corrected chi connectivity index (χ4v) is 4.09. The molecule has 0 bridgehead atoms. The van der Waals surface area contributed by atoms with Crippen LogP contribution >= 0.6 is 11.8 Å². The lowest BCUT2D eigenvalue weighted by Gasteiger charge is -2.23. The molecule has 0 aliphatic carbocycles. The van der Waals surface area contributed by atoms with Crippen LogP contribution in [-0.2, 0) is 4.79 Å². The van der Waals surface area contributed by atoms with Gasteiger partial charge in [0, 0.05) is 19.4 Å². The van der Waals surface area contributed by atoms with Crippen LogP contribution < -0.4 is 5.32 Å². The van der Waals surface area contributed by atoms with Crippen molar-refractivity contribution in [1.29, 1.82) is 0 Å². The molecule has 1 N–H and O–H groups in total. The number of carbonyl (C=O) groups excluding carboxylic acids is 1. The molecule has 0 aromatic rings. The number of thioether (sulfide) groups is 1. The van der Waals surface area contributed by atoms with Gasteiger partial charge in [-0.2, -0.15) is 11.8 Å². The summed E-state index contributed by atoms with van der Waals surface area (Å²) in [5.41, 5.74) is 0. The van der Waals surface area contributed by atoms with Crippen molar-refractivity contribution < 1.29 is 9.28 Å². The topological polar surface area (TPSA) is 29.1 Å². The highest BCUT2D eigenvalue weighted by Gasteiger charge is 2.06. The number of quaternary nitrogens is 1. The molecule has 26 heavy (non-hydrogen) atoms. The number of hydrogen-bond acceptors (Lipinski definition) is 2. The minimum absolute atomic E-state index is 0.237. The normalized spacial score (nSPS) is 11.9. The van der Waals surface area contributed by atoms with E-state index < -0.39 is 0 Å². The summed E-state index contributed by atoms with van der Waals surface area (Å²) in [7, 11) is 6.57. The maximum atomic E-state index is 11.8. The Labute approximate surface area is 168 Å². The molecule has 0 rings (SSSR count). The molecular weight excluding hydrogens is 340 g/mol. The van der Waals surface area contributed by atoms with Gasteiger partial charge in [-0.1, -0.05) is 52.4 Å². The van der Waals surface area contributed by atoms with Gasteiger partial charge in [-0.15, -0.1) is 0 Å². The molecule has 156 valence electrons. The monoisotopic (exact) mass is 387 g/mol. The summed E-state index contributed by atoms with van der Waals surface area (Å²) in [5, 5.41) is 3.05. The summed E-state index contributed by atoms with van der Waals surface area (Å²) in [6.45, 7) is 6.54. The third-order valence-electron chi connectivity index (χ3n) is 4.61. The standard InChI is InChI=1S/C22H46N2OS/c1-21(2)16-20-26-19-13-11-9-7-6-8-10-12-15-22(25)23-17-14-18-24(3,4)5/h21H,6-20H2,1-5H3/p+1. The fourth-order valence-electron chi connectivity index (χ4n) is 2.84. The highest BCUT2D eigenvalue weighted by atomic mass is 32.2. The molecule has 0 saturated heterocycles. The lowest BCUT2D eigenvalue weighted by atomic mass is 10.1. The molecule has 0 unspecified atom stereocenters. The van der Waals surface area contributed by atoms with Crippen molar-refractivity contribution in [3.05, 3.63) is 0 Å². The molecule has 0 spiro atoms. The van der Waals surface area contributed by atoms with Crippen LogP contribution in [-0.4, -0.2) is 56.1 Å². The van der Waals surface area contributed by atoms with E-state index in [-0.39, 0.29) is 5.91 Å². The van der Waals surface area contributed by atoms with Gasteiger partial charge in [-0.25, -0.2) is 0 Å². The number of unbranched alkanes of at least 4 members (excludes halogenated alkanes) is 7. The molecular formula is C22H47N2OS+. The molecule has 0 heterocycles. The first-order valence-electron chi connectivity index (χ1n) is 11.0. The van der Waals surface area contributed by atoms with E-state index in [1.807, 2.05) is 0 Å². The van der Waals surface area contributed by atoms with E-state index in [1.54, 1.807) is 0 Å². The van der Waals surface area contributed by atoms with E-state index in [9.17, 15) is 4.79 Å². The molecule has 0 saturated carbocycles. The van der Waals surface area contributed by atoms with Gasteiger partial charge >= 0.3 is 0 Å². The lowest BCUT2D eigenvalue weighted by Crippen LogP contribution is -2.37. The largest absolute Gasteiger partial charge is 0.356 e. The van der Waals surface area contributed by atoms with Gasteiger partial charge in [0.05, 0.1) is 27.7 Å². The Morgan fingerprint density at radius 3 is 2.00 bits per heavy atom. The number of rotatable bonds is 18. The van der Waals surface area contributed by atoms with Gasteiger partial charge < -0.3 is 9.80 Å². The fraction of sp³-hybridized carbons (Fsp3) is 0.955. The Balaban J connectivity index is 3.20. The van der Waals surface area contributed by atoms with Crippen molar-refractivity contribution in [2.75, 3.05) is 45.7 Å². The first kappa shape index (κ1) is 25.8. The van der Waals surface area contributed by atoms with Crippen LogP contribution in [0.2, 0.25) is 0 Å². The summed E-state index contributed by atoms with van der Waals surface area (Å²) in [6, 6.07) is 0. The van der Waals surface area contributed by atoms with Gasteiger partial charge in [0.25, 0.3) is 0 Å². The molecule has 0 aromatic heterocycles. The van der Waals surface area contributed by atoms with Crippen LogP contribution in [0.4, 0.5) is 0 Å². The van der Waals surface area contributed by atoms with Crippen LogP contribution in [0.1, 0.15) is 84.5 Å². The van der Waals surface area contributed by atoms with Crippen LogP contribution in [0.3, 0.4) is 0 Å². The summed E-state index contributed by atoms with van der Waals surface area (Å²) >= 11 is 2.13. The van der Waals surface area contributed by atoms with E-state index in [4.69, 9.17) is 0 Å². The molecule has 4 heteroatoms. The summed E-state index contributed by atoms with van der Waals surface area (Å²) in [6.07, 6.45) is 13.5. The first-order valence-corrected chi connectivity index (χ1v) is 12.1. The lowest BCUT2D eigenvalue weighted by molar-refractivity contribution is -0.870. The smallest absolute Gasteiger partial charge is 0.219 e. The van der Waals surface area contributed by atoms with Gasteiger partial charge in [-0.05, 0) is 36.7 Å². The van der Waals surface area contributed by atoms with Crippen LogP contribution in [0.5, 0.6) is 0 Å². The van der Waals surface area contributed by atoms with Gasteiger partial charge in [0.2, 0.25) is 5.91 Å². The molecule has 0 radical (unpaired) electrons. The Bertz CT molecular complexity index is 327. The molecule has 1 amide bonds. The van der Waals surface area contributed by atoms with E-state index in [1.165, 1.54) is 62.9 Å². The van der Waals surface area contributed by atoms with Crippen molar-refractivity contribution in [3.8, 4) is 0 Å². The maximum Gasteiger partial charge on any atom is 0.219 e. The minimum Gasteiger partial charge on any atom is -0.356 e. The Hall–Kier alpha value is -0.220. The molecule has 3 nitrogen and oxygen atoms in total. The van der Waals surface area contributed by atoms with Gasteiger partial charge in [0.15, 0.2) is 0 Å². The zero-order valence-corrected chi connectivity index (χ0v) is 19.3. The van der Waals surface area contributed by atoms with Crippen molar-refractivity contribution in [1.82, 2.24) is 5.32 Å². The predicted octanol–water partition coefficient (Wildman–Crippen LogP) is 5.49. The second-order valence-electron chi connectivity index (χ2n) is 9.09. The molecule has 0 atom stereocenters. The van der Waals surface area contributed by atoms with Crippen molar-refractivity contribution >= 4 is 17.7 Å². The zero-order valence-electron chi connectivity index (χ0n) is 18.4. The number of nitrogens with one attached hydrogen (secondary N) is 1. The second-order valence-corrected chi connectivity index (χ2v) is 10.3. The Morgan fingerprint density at radius 2 is 1.42 bits per heavy atom. The average Bonchev–Trinajstić information content (AvgIpc) is 2.54. The highest BCUT2D eigenvalue weighted by Crippen LogP contribution is 2.14. The minimum atomic E-state index is 0.237. The SMILES string of the molecule is CC(C)CCSCCCCCCCCCCC(=O)NCCC[N+](C)(C)C. The molecule has 0 fully saturated rings. The number of carbonyl (C=O) groups is 1. The third-order valence-corrected chi connectivity index (χ3v) is 5.71. The van der Waals surface area contributed by atoms with E-state index >= 15 is 0 Å². The van der Waals surface area contributed by atoms with E-state index in [2.05, 4.69) is 52.1 Å². The van der Waals surface area contributed by atoms with E-state index in [0.717, 1.165) is 36.3 Å². The molecule has 0 aromatic carbocycles. The van der Waals surface area contributed by atoms with Crippen LogP contribution in [0, 0.1) is 5.92 Å². The maximum absolute atomic E-state index is 11.8.